The van der Waals surface area contributed by atoms with Crippen LogP contribution in [0.3, 0.4) is 0 Å². The van der Waals surface area contributed by atoms with Gasteiger partial charge in [0.25, 0.3) is 0 Å². The number of rotatable bonds is 5. The summed E-state index contributed by atoms with van der Waals surface area (Å²) in [5, 5.41) is 3.38. The van der Waals surface area contributed by atoms with E-state index in [2.05, 4.69) is 48.6 Å². The number of nitrogens with one attached hydrogen (secondary N) is 1. The van der Waals surface area contributed by atoms with Gasteiger partial charge in [-0.15, -0.1) is 0 Å². The first-order valence-electron chi connectivity index (χ1n) is 6.60. The lowest BCUT2D eigenvalue weighted by Crippen LogP contribution is -2.19. The van der Waals surface area contributed by atoms with Crippen LogP contribution in [-0.4, -0.2) is 14.2 Å². The van der Waals surface area contributed by atoms with Gasteiger partial charge in [-0.25, -0.2) is 0 Å². The molecular formula is C17H21NO. The first-order chi connectivity index (χ1) is 9.24. The molecule has 2 aromatic carbocycles. The minimum absolute atomic E-state index is 0.262. The lowest BCUT2D eigenvalue weighted by Gasteiger charge is -2.19. The van der Waals surface area contributed by atoms with Gasteiger partial charge in [0.1, 0.15) is 5.75 Å². The van der Waals surface area contributed by atoms with E-state index in [1.165, 1.54) is 16.7 Å². The Morgan fingerprint density at radius 3 is 2.58 bits per heavy atom. The van der Waals surface area contributed by atoms with E-state index in [-0.39, 0.29) is 6.04 Å². The van der Waals surface area contributed by atoms with Gasteiger partial charge in [0.15, 0.2) is 0 Å². The van der Waals surface area contributed by atoms with E-state index in [0.29, 0.717) is 0 Å². The van der Waals surface area contributed by atoms with Crippen LogP contribution < -0.4 is 10.1 Å². The third-order valence-corrected chi connectivity index (χ3v) is 3.39. The molecule has 2 nitrogen and oxygen atoms in total. The van der Waals surface area contributed by atoms with Gasteiger partial charge in [0, 0.05) is 11.6 Å². The molecule has 1 N–H and O–H groups in total. The predicted molar refractivity (Wildman–Crippen MR) is 79.7 cm³/mol. The Labute approximate surface area is 115 Å². The average molecular weight is 255 g/mol. The van der Waals surface area contributed by atoms with Crippen LogP contribution in [0.25, 0.3) is 0 Å². The minimum atomic E-state index is 0.262. The molecule has 100 valence electrons. The fourth-order valence-electron chi connectivity index (χ4n) is 2.40. The number of benzene rings is 2. The monoisotopic (exact) mass is 255 g/mol. The Hall–Kier alpha value is -1.80. The van der Waals surface area contributed by atoms with E-state index >= 15 is 0 Å². The molecule has 1 unspecified atom stereocenters. The van der Waals surface area contributed by atoms with Crippen LogP contribution >= 0.6 is 0 Å². The molecule has 0 amide bonds. The Morgan fingerprint density at radius 2 is 1.89 bits per heavy atom. The fourth-order valence-corrected chi connectivity index (χ4v) is 2.40. The Balaban J connectivity index is 2.25. The smallest absolute Gasteiger partial charge is 0.123 e. The SMILES string of the molecule is CNC(Cc1cccc(C)c1)c1ccccc1OC. The largest absolute Gasteiger partial charge is 0.496 e. The molecule has 1 atom stereocenters. The second-order valence-electron chi connectivity index (χ2n) is 4.78. The van der Waals surface area contributed by atoms with E-state index in [0.717, 1.165) is 12.2 Å². The van der Waals surface area contributed by atoms with Crippen molar-refractivity contribution in [3.8, 4) is 5.75 Å². The van der Waals surface area contributed by atoms with Gasteiger partial charge in [0.2, 0.25) is 0 Å². The maximum atomic E-state index is 5.45. The maximum Gasteiger partial charge on any atom is 0.123 e. The zero-order valence-corrected chi connectivity index (χ0v) is 11.8. The Morgan fingerprint density at radius 1 is 1.11 bits per heavy atom. The van der Waals surface area contributed by atoms with Crippen molar-refractivity contribution in [1.29, 1.82) is 0 Å². The minimum Gasteiger partial charge on any atom is -0.496 e. The molecule has 2 rings (SSSR count). The van der Waals surface area contributed by atoms with Gasteiger partial charge in [-0.1, -0.05) is 48.0 Å². The molecule has 0 aromatic heterocycles. The average Bonchev–Trinajstić information content (AvgIpc) is 2.45. The number of hydrogen-bond donors (Lipinski definition) is 1. The molecule has 0 aliphatic carbocycles. The predicted octanol–water partition coefficient (Wildman–Crippen LogP) is 3.51. The summed E-state index contributed by atoms with van der Waals surface area (Å²) in [4.78, 5) is 0. The number of hydrogen-bond acceptors (Lipinski definition) is 2. The van der Waals surface area contributed by atoms with Crippen LogP contribution in [0.2, 0.25) is 0 Å². The number of para-hydroxylation sites is 1. The number of aryl methyl sites for hydroxylation is 1. The highest BCUT2D eigenvalue weighted by Crippen LogP contribution is 2.27. The maximum absolute atomic E-state index is 5.45. The Kier molecular flexibility index (Phi) is 4.58. The van der Waals surface area contributed by atoms with Gasteiger partial charge in [0.05, 0.1) is 7.11 Å². The third kappa shape index (κ3) is 3.36. The second-order valence-corrected chi connectivity index (χ2v) is 4.78. The molecule has 0 saturated carbocycles. The zero-order chi connectivity index (χ0) is 13.7. The van der Waals surface area contributed by atoms with Crippen molar-refractivity contribution in [2.75, 3.05) is 14.2 Å². The molecule has 0 heterocycles. The van der Waals surface area contributed by atoms with Crippen LogP contribution in [0.15, 0.2) is 48.5 Å². The molecular weight excluding hydrogens is 234 g/mol. The first kappa shape index (κ1) is 13.6. The topological polar surface area (TPSA) is 21.3 Å². The lowest BCUT2D eigenvalue weighted by atomic mass is 9.97. The van der Waals surface area contributed by atoms with Crippen LogP contribution in [0, 0.1) is 6.92 Å². The van der Waals surface area contributed by atoms with Crippen molar-refractivity contribution in [2.24, 2.45) is 0 Å². The lowest BCUT2D eigenvalue weighted by molar-refractivity contribution is 0.401. The summed E-state index contributed by atoms with van der Waals surface area (Å²) in [6.07, 6.45) is 0.957. The van der Waals surface area contributed by atoms with Gasteiger partial charge >= 0.3 is 0 Å². The van der Waals surface area contributed by atoms with Gasteiger partial charge in [-0.3, -0.25) is 0 Å². The first-order valence-corrected chi connectivity index (χ1v) is 6.60. The highest BCUT2D eigenvalue weighted by Gasteiger charge is 2.14. The van der Waals surface area contributed by atoms with Crippen LogP contribution in [0.4, 0.5) is 0 Å². The quantitative estimate of drug-likeness (QED) is 0.883. The van der Waals surface area contributed by atoms with Crippen LogP contribution in [0.5, 0.6) is 5.75 Å². The summed E-state index contributed by atoms with van der Waals surface area (Å²) in [6, 6.07) is 17.1. The van der Waals surface area contributed by atoms with E-state index in [9.17, 15) is 0 Å². The molecule has 0 spiro atoms. The molecule has 19 heavy (non-hydrogen) atoms. The van der Waals surface area contributed by atoms with Crippen molar-refractivity contribution in [3.63, 3.8) is 0 Å². The molecule has 0 saturated heterocycles. The van der Waals surface area contributed by atoms with E-state index in [4.69, 9.17) is 4.74 Å². The van der Waals surface area contributed by atoms with Crippen molar-refractivity contribution in [3.05, 3.63) is 65.2 Å². The summed E-state index contributed by atoms with van der Waals surface area (Å²) >= 11 is 0. The molecule has 0 aliphatic rings. The standard InChI is InChI=1S/C17H21NO/c1-13-7-6-8-14(11-13)12-16(18-2)15-9-4-5-10-17(15)19-3/h4-11,16,18H,12H2,1-3H3. The molecule has 2 heteroatoms. The number of likely N-dealkylation sites (N-methyl/N-ethyl adjacent to an activating group) is 1. The summed E-state index contributed by atoms with van der Waals surface area (Å²) in [6.45, 7) is 2.13. The fraction of sp³-hybridized carbons (Fsp3) is 0.294. The number of methoxy groups -OCH3 is 1. The summed E-state index contributed by atoms with van der Waals surface area (Å²) < 4.78 is 5.45. The van der Waals surface area contributed by atoms with E-state index in [1.807, 2.05) is 19.2 Å². The van der Waals surface area contributed by atoms with Gasteiger partial charge < -0.3 is 10.1 Å². The van der Waals surface area contributed by atoms with Crippen molar-refractivity contribution in [2.45, 2.75) is 19.4 Å². The van der Waals surface area contributed by atoms with Crippen LogP contribution in [0.1, 0.15) is 22.7 Å². The molecule has 0 fully saturated rings. The second kappa shape index (κ2) is 6.39. The van der Waals surface area contributed by atoms with Crippen molar-refractivity contribution in [1.82, 2.24) is 5.32 Å². The molecule has 0 aliphatic heterocycles. The van der Waals surface area contributed by atoms with E-state index < -0.39 is 0 Å². The summed E-state index contributed by atoms with van der Waals surface area (Å²) in [5.41, 5.74) is 3.84. The summed E-state index contributed by atoms with van der Waals surface area (Å²) in [7, 11) is 3.71. The van der Waals surface area contributed by atoms with E-state index in [1.54, 1.807) is 7.11 Å². The number of ether oxygens (including phenoxy) is 1. The van der Waals surface area contributed by atoms with Crippen molar-refractivity contribution >= 4 is 0 Å². The van der Waals surface area contributed by atoms with Crippen molar-refractivity contribution < 1.29 is 4.74 Å². The summed E-state index contributed by atoms with van der Waals surface area (Å²) in [5.74, 6) is 0.939. The van der Waals surface area contributed by atoms with Crippen LogP contribution in [-0.2, 0) is 6.42 Å². The van der Waals surface area contributed by atoms with Gasteiger partial charge in [-0.05, 0) is 32.0 Å². The normalized spacial score (nSPS) is 12.2. The highest BCUT2D eigenvalue weighted by molar-refractivity contribution is 5.37. The molecule has 2 aromatic rings. The third-order valence-electron chi connectivity index (χ3n) is 3.39. The van der Waals surface area contributed by atoms with Gasteiger partial charge in [-0.2, -0.15) is 0 Å². The molecule has 0 radical (unpaired) electrons. The zero-order valence-electron chi connectivity index (χ0n) is 11.8. The molecule has 0 bridgehead atoms. The Bertz CT molecular complexity index is 536. The highest BCUT2D eigenvalue weighted by atomic mass is 16.5.